The summed E-state index contributed by atoms with van der Waals surface area (Å²) in [6, 6.07) is 4.06. The Balaban J connectivity index is 2.52. The van der Waals surface area contributed by atoms with Crippen LogP contribution in [0.2, 0.25) is 0 Å². The summed E-state index contributed by atoms with van der Waals surface area (Å²) in [6.07, 6.45) is -0.736. The minimum atomic E-state index is -0.892. The molecule has 1 rings (SSSR count). The summed E-state index contributed by atoms with van der Waals surface area (Å²) in [5, 5.41) is 11.1. The molecule has 0 saturated carbocycles. The third-order valence-electron chi connectivity index (χ3n) is 2.47. The van der Waals surface area contributed by atoms with Crippen LogP contribution in [-0.4, -0.2) is 41.8 Å². The van der Waals surface area contributed by atoms with E-state index in [1.165, 1.54) is 4.88 Å². The van der Waals surface area contributed by atoms with Gasteiger partial charge in [0.15, 0.2) is 6.10 Å². The molecule has 0 amide bonds. The van der Waals surface area contributed by atoms with E-state index >= 15 is 0 Å². The standard InChI is InChI=1S/C12H19NO3S/c1-3-13(8-10-6-5-7-17-10)9-11(12(14)15)16-4-2/h5-7,11H,3-4,8-9H2,1-2H3,(H,14,15). The SMILES string of the molecule is CCOC(CN(CC)Cc1cccs1)C(=O)O. The average Bonchev–Trinajstić information content (AvgIpc) is 2.79. The Hall–Kier alpha value is -0.910. The molecule has 0 aliphatic carbocycles. The van der Waals surface area contributed by atoms with Crippen molar-refractivity contribution in [3.8, 4) is 0 Å². The van der Waals surface area contributed by atoms with Crippen molar-refractivity contribution in [2.75, 3.05) is 19.7 Å². The highest BCUT2D eigenvalue weighted by molar-refractivity contribution is 7.09. The van der Waals surface area contributed by atoms with Gasteiger partial charge in [-0.15, -0.1) is 11.3 Å². The third-order valence-corrected chi connectivity index (χ3v) is 3.34. The second kappa shape index (κ2) is 7.42. The lowest BCUT2D eigenvalue weighted by Gasteiger charge is -2.23. The number of carboxylic acid groups (broad SMARTS) is 1. The maximum atomic E-state index is 11.0. The summed E-state index contributed by atoms with van der Waals surface area (Å²) in [5.74, 6) is -0.892. The fourth-order valence-electron chi connectivity index (χ4n) is 1.57. The molecule has 5 heteroatoms. The molecule has 1 N–H and O–H groups in total. The molecule has 0 bridgehead atoms. The van der Waals surface area contributed by atoms with Gasteiger partial charge in [0.05, 0.1) is 0 Å². The number of rotatable bonds is 8. The number of aliphatic carboxylic acids is 1. The maximum absolute atomic E-state index is 11.0. The van der Waals surface area contributed by atoms with Gasteiger partial charge in [0.25, 0.3) is 0 Å². The molecule has 1 heterocycles. The van der Waals surface area contributed by atoms with Crippen LogP contribution in [-0.2, 0) is 16.1 Å². The van der Waals surface area contributed by atoms with Gasteiger partial charge < -0.3 is 9.84 Å². The number of likely N-dealkylation sites (N-methyl/N-ethyl adjacent to an activating group) is 1. The molecular weight excluding hydrogens is 238 g/mol. The maximum Gasteiger partial charge on any atom is 0.334 e. The molecule has 1 aromatic heterocycles. The molecule has 0 spiro atoms. The highest BCUT2D eigenvalue weighted by Gasteiger charge is 2.20. The number of ether oxygens (including phenoxy) is 1. The summed E-state index contributed by atoms with van der Waals surface area (Å²) >= 11 is 1.69. The first-order valence-electron chi connectivity index (χ1n) is 5.76. The third kappa shape index (κ3) is 4.85. The normalized spacial score (nSPS) is 12.9. The topological polar surface area (TPSA) is 49.8 Å². The number of thiophene rings is 1. The Morgan fingerprint density at radius 3 is 2.82 bits per heavy atom. The van der Waals surface area contributed by atoms with Gasteiger partial charge in [0.1, 0.15) is 0 Å². The molecule has 96 valence electrons. The fourth-order valence-corrected chi connectivity index (χ4v) is 2.31. The fraction of sp³-hybridized carbons (Fsp3) is 0.583. The van der Waals surface area contributed by atoms with Crippen molar-refractivity contribution >= 4 is 17.3 Å². The van der Waals surface area contributed by atoms with Crippen LogP contribution < -0.4 is 0 Å². The van der Waals surface area contributed by atoms with E-state index < -0.39 is 12.1 Å². The zero-order chi connectivity index (χ0) is 12.7. The number of hydrogen-bond donors (Lipinski definition) is 1. The van der Waals surface area contributed by atoms with Crippen molar-refractivity contribution in [1.82, 2.24) is 4.90 Å². The minimum Gasteiger partial charge on any atom is -0.479 e. The van der Waals surface area contributed by atoms with E-state index in [1.807, 2.05) is 25.3 Å². The van der Waals surface area contributed by atoms with Crippen LogP contribution in [0.1, 0.15) is 18.7 Å². The number of nitrogens with zero attached hydrogens (tertiary/aromatic N) is 1. The first kappa shape index (κ1) is 14.2. The van der Waals surface area contributed by atoms with Crippen molar-refractivity contribution in [2.45, 2.75) is 26.5 Å². The molecule has 17 heavy (non-hydrogen) atoms. The van der Waals surface area contributed by atoms with E-state index in [0.29, 0.717) is 13.2 Å². The highest BCUT2D eigenvalue weighted by atomic mass is 32.1. The summed E-state index contributed by atoms with van der Waals surface area (Å²) < 4.78 is 5.22. The smallest absolute Gasteiger partial charge is 0.334 e. The predicted octanol–water partition coefficient (Wildman–Crippen LogP) is 2.06. The van der Waals surface area contributed by atoms with Crippen LogP contribution in [0.5, 0.6) is 0 Å². The van der Waals surface area contributed by atoms with Crippen molar-refractivity contribution < 1.29 is 14.6 Å². The molecule has 0 aromatic carbocycles. The number of carbonyl (C=O) groups is 1. The van der Waals surface area contributed by atoms with Crippen molar-refractivity contribution in [1.29, 1.82) is 0 Å². The lowest BCUT2D eigenvalue weighted by Crippen LogP contribution is -2.38. The van der Waals surface area contributed by atoms with Gasteiger partial charge in [-0.2, -0.15) is 0 Å². The molecule has 0 aliphatic heterocycles. The number of carboxylic acids is 1. The van der Waals surface area contributed by atoms with E-state index in [9.17, 15) is 4.79 Å². The Kier molecular flexibility index (Phi) is 6.18. The molecule has 1 unspecified atom stereocenters. The van der Waals surface area contributed by atoms with Gasteiger partial charge >= 0.3 is 5.97 Å². The Morgan fingerprint density at radius 1 is 1.59 bits per heavy atom. The van der Waals surface area contributed by atoms with E-state index in [4.69, 9.17) is 9.84 Å². The molecule has 4 nitrogen and oxygen atoms in total. The molecule has 1 atom stereocenters. The molecule has 0 radical (unpaired) electrons. The second-order valence-electron chi connectivity index (χ2n) is 3.69. The zero-order valence-corrected chi connectivity index (χ0v) is 11.1. The van der Waals surface area contributed by atoms with Crippen molar-refractivity contribution in [2.24, 2.45) is 0 Å². The van der Waals surface area contributed by atoms with Gasteiger partial charge in [-0.05, 0) is 24.9 Å². The van der Waals surface area contributed by atoms with Crippen molar-refractivity contribution in [3.05, 3.63) is 22.4 Å². The second-order valence-corrected chi connectivity index (χ2v) is 4.72. The predicted molar refractivity (Wildman–Crippen MR) is 68.3 cm³/mol. The summed E-state index contributed by atoms with van der Waals surface area (Å²) in [4.78, 5) is 14.3. The lowest BCUT2D eigenvalue weighted by atomic mass is 10.3. The van der Waals surface area contributed by atoms with Crippen LogP contribution in [0, 0.1) is 0 Å². The van der Waals surface area contributed by atoms with Gasteiger partial charge in [-0.3, -0.25) is 4.90 Å². The monoisotopic (exact) mass is 257 g/mol. The highest BCUT2D eigenvalue weighted by Crippen LogP contribution is 2.12. The summed E-state index contributed by atoms with van der Waals surface area (Å²) in [6.45, 7) is 6.29. The molecule has 0 aliphatic rings. The number of hydrogen-bond acceptors (Lipinski definition) is 4. The zero-order valence-electron chi connectivity index (χ0n) is 10.3. The minimum absolute atomic E-state index is 0.424. The molecule has 0 fully saturated rings. The van der Waals surface area contributed by atoms with E-state index in [-0.39, 0.29) is 0 Å². The van der Waals surface area contributed by atoms with Crippen LogP contribution in [0.25, 0.3) is 0 Å². The van der Waals surface area contributed by atoms with E-state index in [0.717, 1.165) is 13.1 Å². The first-order chi connectivity index (χ1) is 8.17. The van der Waals surface area contributed by atoms with Crippen LogP contribution in [0.15, 0.2) is 17.5 Å². The molecule has 0 saturated heterocycles. The van der Waals surface area contributed by atoms with Gasteiger partial charge in [-0.25, -0.2) is 4.79 Å². The van der Waals surface area contributed by atoms with Gasteiger partial charge in [-0.1, -0.05) is 13.0 Å². The van der Waals surface area contributed by atoms with Crippen LogP contribution >= 0.6 is 11.3 Å². The Morgan fingerprint density at radius 2 is 2.35 bits per heavy atom. The Bertz CT molecular complexity index is 327. The molecular formula is C12H19NO3S. The van der Waals surface area contributed by atoms with Crippen LogP contribution in [0.3, 0.4) is 0 Å². The first-order valence-corrected chi connectivity index (χ1v) is 6.64. The van der Waals surface area contributed by atoms with E-state index in [2.05, 4.69) is 11.0 Å². The van der Waals surface area contributed by atoms with Gasteiger partial charge in [0, 0.05) is 24.6 Å². The van der Waals surface area contributed by atoms with Gasteiger partial charge in [0.2, 0.25) is 0 Å². The largest absolute Gasteiger partial charge is 0.479 e. The lowest BCUT2D eigenvalue weighted by molar-refractivity contribution is -0.151. The molecule has 1 aromatic rings. The Labute approximate surface area is 106 Å². The summed E-state index contributed by atoms with van der Waals surface area (Å²) in [7, 11) is 0. The van der Waals surface area contributed by atoms with Crippen molar-refractivity contribution in [3.63, 3.8) is 0 Å². The summed E-state index contributed by atoms with van der Waals surface area (Å²) in [5.41, 5.74) is 0. The van der Waals surface area contributed by atoms with Crippen LogP contribution in [0.4, 0.5) is 0 Å². The average molecular weight is 257 g/mol. The van der Waals surface area contributed by atoms with E-state index in [1.54, 1.807) is 11.3 Å². The quantitative estimate of drug-likeness (QED) is 0.774.